The van der Waals surface area contributed by atoms with E-state index in [9.17, 15) is 22.4 Å². The van der Waals surface area contributed by atoms with E-state index in [0.29, 0.717) is 0 Å². The third-order valence-electron chi connectivity index (χ3n) is 3.65. The zero-order valence-corrected chi connectivity index (χ0v) is 14.3. The molecule has 2 aromatic heterocycles. The van der Waals surface area contributed by atoms with Crippen molar-refractivity contribution in [2.45, 2.75) is 6.92 Å². The predicted octanol–water partition coefficient (Wildman–Crippen LogP) is 4.31. The summed E-state index contributed by atoms with van der Waals surface area (Å²) in [5, 5.41) is 1.52. The Morgan fingerprint density at radius 1 is 1.04 bits per heavy atom. The first-order valence-electron chi connectivity index (χ1n) is 7.37. The molecule has 1 N–H and O–H groups in total. The lowest BCUT2D eigenvalue weighted by atomic mass is 10.1. The molecule has 0 fully saturated rings. The molecule has 0 aliphatic rings. The number of hydrogen-bond donors (Lipinski definition) is 1. The number of carbonyl (C=O) groups excluding carboxylic acids is 1. The number of hydrogen-bond acceptors (Lipinski definition) is 4. The minimum absolute atomic E-state index is 0.0733. The summed E-state index contributed by atoms with van der Waals surface area (Å²) in [7, 11) is 0. The van der Waals surface area contributed by atoms with E-state index >= 15 is 0 Å². The highest BCUT2D eigenvalue weighted by molar-refractivity contribution is 6.33. The Hall–Kier alpha value is -3.07. The molecule has 138 valence electrons. The summed E-state index contributed by atoms with van der Waals surface area (Å²) in [6, 6.07) is 1.17. The van der Waals surface area contributed by atoms with Gasteiger partial charge in [0.25, 0.3) is 5.91 Å². The van der Waals surface area contributed by atoms with Gasteiger partial charge in [-0.3, -0.25) is 14.8 Å². The van der Waals surface area contributed by atoms with Crippen molar-refractivity contribution in [1.29, 1.82) is 0 Å². The highest BCUT2D eigenvalue weighted by Crippen LogP contribution is 2.35. The number of anilines is 1. The number of nitrogens with one attached hydrogen (secondary N) is 1. The van der Waals surface area contributed by atoms with E-state index in [2.05, 4.69) is 20.3 Å². The molecule has 10 heteroatoms. The molecule has 5 nitrogen and oxygen atoms in total. The average Bonchev–Trinajstić information content (AvgIpc) is 2.66. The lowest BCUT2D eigenvalue weighted by molar-refractivity contribution is 0.102. The van der Waals surface area contributed by atoms with Gasteiger partial charge in [-0.25, -0.2) is 22.5 Å². The number of carbonyl (C=O) groups is 1. The standard InChI is InChI=1S/C17H9ClF4N4O/c1-7-14(20)12(13(18)16(22)15(7)21)10-5-25-11(6-24-10)26-17(27)8-2-3-23-4-9(8)19/h2-6H,1H3,(H,25,26,27). The fourth-order valence-electron chi connectivity index (χ4n) is 2.24. The number of rotatable bonds is 3. The van der Waals surface area contributed by atoms with Gasteiger partial charge in [0.1, 0.15) is 5.82 Å². The van der Waals surface area contributed by atoms with Crippen LogP contribution in [0.2, 0.25) is 5.02 Å². The van der Waals surface area contributed by atoms with Crippen LogP contribution in [-0.4, -0.2) is 20.9 Å². The maximum absolute atomic E-state index is 14.3. The van der Waals surface area contributed by atoms with Gasteiger partial charge in [0, 0.05) is 11.8 Å². The third kappa shape index (κ3) is 3.45. The van der Waals surface area contributed by atoms with Crippen LogP contribution in [0.3, 0.4) is 0 Å². The molecule has 0 atom stereocenters. The van der Waals surface area contributed by atoms with E-state index in [0.717, 1.165) is 25.5 Å². The first kappa shape index (κ1) is 18.7. The fourth-order valence-corrected chi connectivity index (χ4v) is 2.50. The van der Waals surface area contributed by atoms with Crippen molar-refractivity contribution >= 4 is 23.3 Å². The molecule has 2 heterocycles. The third-order valence-corrected chi connectivity index (χ3v) is 4.00. The molecule has 0 unspecified atom stereocenters. The maximum atomic E-state index is 14.3. The molecule has 0 aliphatic carbocycles. The van der Waals surface area contributed by atoms with Crippen LogP contribution in [0.1, 0.15) is 15.9 Å². The van der Waals surface area contributed by atoms with Gasteiger partial charge in [-0.1, -0.05) is 11.6 Å². The van der Waals surface area contributed by atoms with Gasteiger partial charge < -0.3 is 5.32 Å². The van der Waals surface area contributed by atoms with Crippen molar-refractivity contribution < 1.29 is 22.4 Å². The van der Waals surface area contributed by atoms with E-state index in [4.69, 9.17) is 11.6 Å². The van der Waals surface area contributed by atoms with E-state index in [-0.39, 0.29) is 17.1 Å². The second kappa shape index (κ2) is 7.28. The van der Waals surface area contributed by atoms with Gasteiger partial charge in [0.05, 0.1) is 40.4 Å². The lowest BCUT2D eigenvalue weighted by Crippen LogP contribution is -2.15. The first-order chi connectivity index (χ1) is 12.8. The number of nitrogens with zero attached hydrogens (tertiary/aromatic N) is 3. The van der Waals surface area contributed by atoms with E-state index in [1.807, 2.05) is 0 Å². The van der Waals surface area contributed by atoms with Crippen LogP contribution in [0.5, 0.6) is 0 Å². The highest BCUT2D eigenvalue weighted by atomic mass is 35.5. The molecule has 0 saturated heterocycles. The summed E-state index contributed by atoms with van der Waals surface area (Å²) in [5.41, 5.74) is -1.45. The number of pyridine rings is 1. The Morgan fingerprint density at radius 3 is 2.41 bits per heavy atom. The van der Waals surface area contributed by atoms with Gasteiger partial charge in [0.2, 0.25) is 0 Å². The zero-order valence-electron chi connectivity index (χ0n) is 13.5. The predicted molar refractivity (Wildman–Crippen MR) is 89.2 cm³/mol. The quantitative estimate of drug-likeness (QED) is 0.407. The van der Waals surface area contributed by atoms with Crippen LogP contribution < -0.4 is 5.32 Å². The molecule has 0 spiro atoms. The van der Waals surface area contributed by atoms with Gasteiger partial charge in [-0.15, -0.1) is 0 Å². The molecule has 1 aromatic carbocycles. The van der Waals surface area contributed by atoms with E-state index < -0.39 is 45.3 Å². The Bertz CT molecular complexity index is 1010. The fraction of sp³-hybridized carbons (Fsp3) is 0.0588. The second-order valence-electron chi connectivity index (χ2n) is 5.35. The normalized spacial score (nSPS) is 10.7. The minimum Gasteiger partial charge on any atom is -0.305 e. The number of benzene rings is 1. The molecule has 0 bridgehead atoms. The van der Waals surface area contributed by atoms with Crippen molar-refractivity contribution in [3.8, 4) is 11.3 Å². The topological polar surface area (TPSA) is 67.8 Å². The molecule has 1 amide bonds. The van der Waals surface area contributed by atoms with Gasteiger partial charge in [-0.05, 0) is 13.0 Å². The molecular weight excluding hydrogens is 388 g/mol. The molecule has 27 heavy (non-hydrogen) atoms. The van der Waals surface area contributed by atoms with Gasteiger partial charge in [0.15, 0.2) is 23.3 Å². The van der Waals surface area contributed by atoms with Crippen LogP contribution in [0.25, 0.3) is 11.3 Å². The maximum Gasteiger partial charge on any atom is 0.259 e. The van der Waals surface area contributed by atoms with E-state index in [1.165, 1.54) is 12.3 Å². The molecule has 3 rings (SSSR count). The Morgan fingerprint density at radius 2 is 1.78 bits per heavy atom. The van der Waals surface area contributed by atoms with Crippen LogP contribution in [0.15, 0.2) is 30.9 Å². The first-order valence-corrected chi connectivity index (χ1v) is 7.75. The zero-order chi connectivity index (χ0) is 19.7. The molecular formula is C17H9ClF4N4O. The molecule has 0 radical (unpaired) electrons. The summed E-state index contributed by atoms with van der Waals surface area (Å²) in [5.74, 6) is -5.58. The summed E-state index contributed by atoms with van der Waals surface area (Å²) in [4.78, 5) is 23.2. The monoisotopic (exact) mass is 396 g/mol. The summed E-state index contributed by atoms with van der Waals surface area (Å²) >= 11 is 5.69. The number of halogens is 5. The SMILES string of the molecule is Cc1c(F)c(F)c(Cl)c(-c2cnc(NC(=O)c3ccncc3F)cn2)c1F. The molecule has 3 aromatic rings. The highest BCUT2D eigenvalue weighted by Gasteiger charge is 2.23. The number of amides is 1. The molecule has 0 aliphatic heterocycles. The van der Waals surface area contributed by atoms with Crippen molar-refractivity contribution in [2.24, 2.45) is 0 Å². The Kier molecular flexibility index (Phi) is 5.04. The van der Waals surface area contributed by atoms with Crippen molar-refractivity contribution in [2.75, 3.05) is 5.32 Å². The lowest BCUT2D eigenvalue weighted by Gasteiger charge is -2.11. The minimum atomic E-state index is -1.40. The van der Waals surface area contributed by atoms with Crippen molar-refractivity contribution in [3.63, 3.8) is 0 Å². The largest absolute Gasteiger partial charge is 0.305 e. The van der Waals surface area contributed by atoms with Crippen molar-refractivity contribution in [3.05, 3.63) is 70.3 Å². The second-order valence-corrected chi connectivity index (χ2v) is 5.73. The Balaban J connectivity index is 1.91. The van der Waals surface area contributed by atoms with Crippen LogP contribution >= 0.6 is 11.6 Å². The average molecular weight is 397 g/mol. The van der Waals surface area contributed by atoms with Crippen molar-refractivity contribution in [1.82, 2.24) is 15.0 Å². The van der Waals surface area contributed by atoms with E-state index in [1.54, 1.807) is 0 Å². The van der Waals surface area contributed by atoms with Crippen LogP contribution in [-0.2, 0) is 0 Å². The molecule has 0 saturated carbocycles. The van der Waals surface area contributed by atoms with Crippen LogP contribution in [0.4, 0.5) is 23.4 Å². The smallest absolute Gasteiger partial charge is 0.259 e. The van der Waals surface area contributed by atoms with Crippen LogP contribution in [0, 0.1) is 30.2 Å². The van der Waals surface area contributed by atoms with Gasteiger partial charge in [-0.2, -0.15) is 0 Å². The van der Waals surface area contributed by atoms with Gasteiger partial charge >= 0.3 is 0 Å². The summed E-state index contributed by atoms with van der Waals surface area (Å²) in [6.07, 6.45) is 4.17. The number of aromatic nitrogens is 3. The summed E-state index contributed by atoms with van der Waals surface area (Å²) < 4.78 is 55.1. The Labute approximate surface area is 155 Å². The summed E-state index contributed by atoms with van der Waals surface area (Å²) in [6.45, 7) is 1.05.